The van der Waals surface area contributed by atoms with Gasteiger partial charge in [0.25, 0.3) is 0 Å². The van der Waals surface area contributed by atoms with Crippen LogP contribution in [0.3, 0.4) is 0 Å². The Morgan fingerprint density at radius 3 is 2.65 bits per heavy atom. The van der Waals surface area contributed by atoms with Gasteiger partial charge in [0.05, 0.1) is 0 Å². The molecule has 1 heterocycles. The van der Waals surface area contributed by atoms with E-state index in [2.05, 4.69) is 15.3 Å². The van der Waals surface area contributed by atoms with Gasteiger partial charge in [0.1, 0.15) is 11.6 Å². The quantitative estimate of drug-likeness (QED) is 0.879. The Kier molecular flexibility index (Phi) is 4.68. The Balaban J connectivity index is 2.23. The highest BCUT2D eigenvalue weighted by atomic mass is 32.2. The van der Waals surface area contributed by atoms with Crippen molar-refractivity contribution in [1.82, 2.24) is 9.97 Å². The number of rotatable bonds is 5. The molecule has 2 atom stereocenters. The summed E-state index contributed by atoms with van der Waals surface area (Å²) in [5, 5.41) is 3.20. The largest absolute Gasteiger partial charge is 0.384 e. The first kappa shape index (κ1) is 14.5. The molecule has 0 aliphatic heterocycles. The summed E-state index contributed by atoms with van der Waals surface area (Å²) in [6.07, 6.45) is 1.68. The summed E-state index contributed by atoms with van der Waals surface area (Å²) in [6, 6.07) is 11.4. The minimum Gasteiger partial charge on any atom is -0.384 e. The molecule has 6 heteroatoms. The van der Waals surface area contributed by atoms with Crippen LogP contribution in [-0.4, -0.2) is 32.2 Å². The molecule has 5 nitrogen and oxygen atoms in total. The number of nitrogens with zero attached hydrogens (tertiary/aromatic N) is 2. The minimum absolute atomic E-state index is 0.0544. The van der Waals surface area contributed by atoms with Crippen LogP contribution in [-0.2, 0) is 10.8 Å². The average Bonchev–Trinajstić information content (AvgIpc) is 2.38. The number of nitrogens with two attached hydrogens (primary N) is 1. The molecular formula is C14H18N4OS. The number of nitrogen functional groups attached to an aromatic ring is 1. The highest BCUT2D eigenvalue weighted by Gasteiger charge is 2.09. The fraction of sp³-hybridized carbons (Fsp3) is 0.286. The standard InChI is InChI=1S/C14H18N4OS/c1-10(9-20(2)19)16-13-8-12(15)17-14(18-13)11-6-4-3-5-7-11/h3-8,10H,9H2,1-2H3,(H3,15,16,17,18). The predicted molar refractivity (Wildman–Crippen MR) is 83.9 cm³/mol. The monoisotopic (exact) mass is 290 g/mol. The summed E-state index contributed by atoms with van der Waals surface area (Å²) in [5.41, 5.74) is 6.73. The van der Waals surface area contributed by atoms with E-state index in [4.69, 9.17) is 5.73 Å². The van der Waals surface area contributed by atoms with Gasteiger partial charge in [0, 0.05) is 40.5 Å². The molecule has 0 amide bonds. The van der Waals surface area contributed by atoms with Crippen LogP contribution < -0.4 is 11.1 Å². The highest BCUT2D eigenvalue weighted by Crippen LogP contribution is 2.19. The summed E-state index contributed by atoms with van der Waals surface area (Å²) in [5.74, 6) is 2.20. The molecule has 0 bridgehead atoms. The van der Waals surface area contributed by atoms with E-state index in [1.165, 1.54) is 0 Å². The van der Waals surface area contributed by atoms with Gasteiger partial charge in [-0.25, -0.2) is 9.97 Å². The lowest BCUT2D eigenvalue weighted by atomic mass is 10.2. The number of aromatic nitrogens is 2. The maximum absolute atomic E-state index is 11.2. The lowest BCUT2D eigenvalue weighted by Crippen LogP contribution is -2.23. The molecule has 2 unspecified atom stereocenters. The highest BCUT2D eigenvalue weighted by molar-refractivity contribution is 7.84. The van der Waals surface area contributed by atoms with Crippen LogP contribution in [0.15, 0.2) is 36.4 Å². The van der Waals surface area contributed by atoms with E-state index < -0.39 is 10.8 Å². The molecular weight excluding hydrogens is 272 g/mol. The third kappa shape index (κ3) is 4.03. The first-order chi connectivity index (χ1) is 9.54. The molecule has 2 rings (SSSR count). The van der Waals surface area contributed by atoms with Gasteiger partial charge >= 0.3 is 0 Å². The first-order valence-electron chi connectivity index (χ1n) is 6.31. The summed E-state index contributed by atoms with van der Waals surface area (Å²) in [6.45, 7) is 1.96. The Hall–Kier alpha value is -1.95. The minimum atomic E-state index is -0.853. The normalized spacial score (nSPS) is 13.7. The smallest absolute Gasteiger partial charge is 0.163 e. The molecule has 1 aromatic carbocycles. The number of anilines is 2. The van der Waals surface area contributed by atoms with Crippen molar-refractivity contribution in [3.63, 3.8) is 0 Å². The second-order valence-corrected chi connectivity index (χ2v) is 6.13. The number of benzene rings is 1. The zero-order chi connectivity index (χ0) is 14.5. The van der Waals surface area contributed by atoms with Crippen molar-refractivity contribution >= 4 is 22.4 Å². The van der Waals surface area contributed by atoms with E-state index >= 15 is 0 Å². The fourth-order valence-electron chi connectivity index (χ4n) is 1.90. The van der Waals surface area contributed by atoms with E-state index in [-0.39, 0.29) is 6.04 Å². The SMILES string of the molecule is CC(CS(C)=O)Nc1cc(N)nc(-c2ccccc2)n1. The Morgan fingerprint density at radius 2 is 2.00 bits per heavy atom. The van der Waals surface area contributed by atoms with Crippen molar-refractivity contribution < 1.29 is 4.21 Å². The topological polar surface area (TPSA) is 80.9 Å². The molecule has 2 aromatic rings. The molecule has 0 saturated carbocycles. The van der Waals surface area contributed by atoms with Crippen molar-refractivity contribution in [3.05, 3.63) is 36.4 Å². The van der Waals surface area contributed by atoms with Crippen LogP contribution in [0.4, 0.5) is 11.6 Å². The van der Waals surface area contributed by atoms with Crippen molar-refractivity contribution in [2.45, 2.75) is 13.0 Å². The lowest BCUT2D eigenvalue weighted by Gasteiger charge is -2.14. The van der Waals surface area contributed by atoms with Gasteiger partial charge in [0.15, 0.2) is 5.82 Å². The molecule has 0 aliphatic rings. The molecule has 3 N–H and O–H groups in total. The van der Waals surface area contributed by atoms with Gasteiger partial charge in [-0.1, -0.05) is 30.3 Å². The van der Waals surface area contributed by atoms with Gasteiger partial charge < -0.3 is 11.1 Å². The number of nitrogens with one attached hydrogen (secondary N) is 1. The van der Waals surface area contributed by atoms with Gasteiger partial charge in [-0.15, -0.1) is 0 Å². The summed E-state index contributed by atoms with van der Waals surface area (Å²) in [7, 11) is -0.853. The third-order valence-electron chi connectivity index (χ3n) is 2.66. The van der Waals surface area contributed by atoms with Crippen LogP contribution in [0.2, 0.25) is 0 Å². The molecule has 106 valence electrons. The van der Waals surface area contributed by atoms with E-state index in [0.29, 0.717) is 23.2 Å². The van der Waals surface area contributed by atoms with Crippen LogP contribution in [0.1, 0.15) is 6.92 Å². The molecule has 0 fully saturated rings. The molecule has 0 aliphatic carbocycles. The molecule has 0 saturated heterocycles. The summed E-state index contributed by atoms with van der Waals surface area (Å²) in [4.78, 5) is 8.69. The zero-order valence-corrected chi connectivity index (χ0v) is 12.4. The molecule has 0 radical (unpaired) electrons. The summed E-state index contributed by atoms with van der Waals surface area (Å²) >= 11 is 0. The van der Waals surface area contributed by atoms with Crippen LogP contribution in [0.5, 0.6) is 0 Å². The van der Waals surface area contributed by atoms with E-state index in [0.717, 1.165) is 5.56 Å². The fourth-order valence-corrected chi connectivity index (χ4v) is 2.69. The van der Waals surface area contributed by atoms with E-state index in [1.807, 2.05) is 37.3 Å². The Labute approximate surface area is 121 Å². The van der Waals surface area contributed by atoms with Gasteiger partial charge in [0.2, 0.25) is 0 Å². The van der Waals surface area contributed by atoms with Crippen molar-refractivity contribution in [2.24, 2.45) is 0 Å². The lowest BCUT2D eigenvalue weighted by molar-refractivity contribution is 0.683. The van der Waals surface area contributed by atoms with E-state index in [1.54, 1.807) is 12.3 Å². The van der Waals surface area contributed by atoms with Gasteiger partial charge in [-0.05, 0) is 6.92 Å². The maximum atomic E-state index is 11.2. The zero-order valence-electron chi connectivity index (χ0n) is 11.5. The molecule has 20 heavy (non-hydrogen) atoms. The average molecular weight is 290 g/mol. The third-order valence-corrected chi connectivity index (χ3v) is 3.63. The van der Waals surface area contributed by atoms with Gasteiger partial charge in [-0.2, -0.15) is 0 Å². The Morgan fingerprint density at radius 1 is 1.30 bits per heavy atom. The first-order valence-corrected chi connectivity index (χ1v) is 8.04. The van der Waals surface area contributed by atoms with Crippen LogP contribution >= 0.6 is 0 Å². The second-order valence-electron chi connectivity index (χ2n) is 4.65. The van der Waals surface area contributed by atoms with Crippen LogP contribution in [0, 0.1) is 0 Å². The number of hydrogen-bond acceptors (Lipinski definition) is 5. The predicted octanol–water partition coefficient (Wildman–Crippen LogP) is 1.90. The van der Waals surface area contributed by atoms with E-state index in [9.17, 15) is 4.21 Å². The Bertz CT molecular complexity index is 603. The number of hydrogen-bond donors (Lipinski definition) is 2. The van der Waals surface area contributed by atoms with Crippen LogP contribution in [0.25, 0.3) is 11.4 Å². The second kappa shape index (κ2) is 6.47. The summed E-state index contributed by atoms with van der Waals surface area (Å²) < 4.78 is 11.2. The maximum Gasteiger partial charge on any atom is 0.163 e. The van der Waals surface area contributed by atoms with Crippen molar-refractivity contribution in [1.29, 1.82) is 0 Å². The van der Waals surface area contributed by atoms with Crippen molar-refractivity contribution in [2.75, 3.05) is 23.1 Å². The van der Waals surface area contributed by atoms with Gasteiger partial charge in [-0.3, -0.25) is 4.21 Å². The molecule has 1 aromatic heterocycles. The van der Waals surface area contributed by atoms with Crippen molar-refractivity contribution in [3.8, 4) is 11.4 Å². The molecule has 0 spiro atoms.